The Bertz CT molecular complexity index is 1250. The van der Waals surface area contributed by atoms with Gasteiger partial charge in [-0.25, -0.2) is 9.67 Å². The van der Waals surface area contributed by atoms with Crippen LogP contribution in [0, 0.1) is 6.92 Å². The van der Waals surface area contributed by atoms with E-state index < -0.39 is 0 Å². The summed E-state index contributed by atoms with van der Waals surface area (Å²) in [6.45, 7) is 2.44. The van der Waals surface area contributed by atoms with E-state index in [1.165, 1.54) is 5.56 Å². The summed E-state index contributed by atoms with van der Waals surface area (Å²) in [7, 11) is 0. The molecule has 0 bridgehead atoms. The van der Waals surface area contributed by atoms with E-state index in [-0.39, 0.29) is 11.7 Å². The van der Waals surface area contributed by atoms with E-state index in [0.29, 0.717) is 29.4 Å². The summed E-state index contributed by atoms with van der Waals surface area (Å²) in [6, 6.07) is 23.5. The van der Waals surface area contributed by atoms with Crippen LogP contribution in [0.4, 0.5) is 0 Å². The minimum atomic E-state index is -0.312. The van der Waals surface area contributed by atoms with E-state index in [4.69, 9.17) is 23.2 Å². The first-order valence-electron chi connectivity index (χ1n) is 10.8. The first-order chi connectivity index (χ1) is 16.0. The number of hydrogen-bond donors (Lipinski definition) is 1. The molecule has 0 aliphatic carbocycles. The van der Waals surface area contributed by atoms with Gasteiger partial charge in [-0.1, -0.05) is 77.8 Å². The highest BCUT2D eigenvalue weighted by molar-refractivity contribution is 6.35. The summed E-state index contributed by atoms with van der Waals surface area (Å²) in [5.41, 5.74) is 4.11. The van der Waals surface area contributed by atoms with E-state index >= 15 is 0 Å². The second kappa shape index (κ2) is 10.6. The number of amides is 1. The van der Waals surface area contributed by atoms with Gasteiger partial charge in [0.1, 0.15) is 5.82 Å². The maximum absolute atomic E-state index is 12.8. The average Bonchev–Trinajstić information content (AvgIpc) is 3.24. The zero-order chi connectivity index (χ0) is 23.2. The van der Waals surface area contributed by atoms with Crippen LogP contribution in [-0.4, -0.2) is 27.2 Å². The van der Waals surface area contributed by atoms with Gasteiger partial charge >= 0.3 is 0 Å². The van der Waals surface area contributed by atoms with Crippen LogP contribution in [0.1, 0.15) is 33.1 Å². The van der Waals surface area contributed by atoms with Crippen molar-refractivity contribution < 1.29 is 4.79 Å². The van der Waals surface area contributed by atoms with Crippen molar-refractivity contribution in [3.63, 3.8) is 0 Å². The molecule has 33 heavy (non-hydrogen) atoms. The van der Waals surface area contributed by atoms with Crippen molar-refractivity contribution in [2.75, 3.05) is 6.54 Å². The van der Waals surface area contributed by atoms with Crippen LogP contribution in [0.15, 0.2) is 72.8 Å². The molecule has 0 aliphatic rings. The molecule has 1 amide bonds. The summed E-state index contributed by atoms with van der Waals surface area (Å²) in [6.07, 6.45) is 2.06. The van der Waals surface area contributed by atoms with Crippen LogP contribution < -0.4 is 5.32 Å². The van der Waals surface area contributed by atoms with Gasteiger partial charge in [-0.3, -0.25) is 4.79 Å². The Morgan fingerprint density at radius 1 is 0.939 bits per heavy atom. The molecule has 1 aromatic heterocycles. The molecule has 4 aromatic rings. The smallest absolute Gasteiger partial charge is 0.290 e. The van der Waals surface area contributed by atoms with E-state index in [9.17, 15) is 4.79 Å². The Balaban J connectivity index is 1.51. The number of hydrogen-bond acceptors (Lipinski definition) is 3. The van der Waals surface area contributed by atoms with Gasteiger partial charge in [0.05, 0.1) is 5.69 Å². The Labute approximate surface area is 203 Å². The topological polar surface area (TPSA) is 59.8 Å². The summed E-state index contributed by atoms with van der Waals surface area (Å²) >= 11 is 12.2. The first-order valence-corrected chi connectivity index (χ1v) is 11.5. The molecule has 5 nitrogen and oxygen atoms in total. The molecule has 0 unspecified atom stereocenters. The van der Waals surface area contributed by atoms with Gasteiger partial charge in [0.15, 0.2) is 0 Å². The van der Waals surface area contributed by atoms with E-state index in [1.807, 2.05) is 55.5 Å². The highest BCUT2D eigenvalue weighted by Crippen LogP contribution is 2.21. The molecule has 0 atom stereocenters. The SMILES string of the molecule is Cc1ccccc1-n1nc(C(=O)NCCc2ccc(Cl)cc2Cl)nc1CCc1ccccc1. The van der Waals surface area contributed by atoms with E-state index in [1.54, 1.807) is 16.8 Å². The van der Waals surface area contributed by atoms with Crippen LogP contribution >= 0.6 is 23.2 Å². The second-order valence-corrected chi connectivity index (χ2v) is 8.62. The summed E-state index contributed by atoms with van der Waals surface area (Å²) in [5.74, 6) is 0.593. The average molecular weight is 479 g/mol. The number of rotatable bonds is 8. The lowest BCUT2D eigenvalue weighted by molar-refractivity contribution is 0.0943. The van der Waals surface area contributed by atoms with Crippen LogP contribution in [0.3, 0.4) is 0 Å². The third kappa shape index (κ3) is 5.81. The maximum atomic E-state index is 12.8. The normalized spacial score (nSPS) is 10.9. The first kappa shape index (κ1) is 23.0. The minimum absolute atomic E-state index is 0.156. The largest absolute Gasteiger partial charge is 0.349 e. The van der Waals surface area contributed by atoms with Crippen LogP contribution in [0.5, 0.6) is 0 Å². The number of carbonyl (C=O) groups is 1. The summed E-state index contributed by atoms with van der Waals surface area (Å²) in [5, 5.41) is 8.63. The number of nitrogens with zero attached hydrogens (tertiary/aromatic N) is 3. The monoisotopic (exact) mass is 478 g/mol. The lowest BCUT2D eigenvalue weighted by Gasteiger charge is -2.08. The van der Waals surface area contributed by atoms with Crippen molar-refractivity contribution in [2.24, 2.45) is 0 Å². The van der Waals surface area contributed by atoms with Gasteiger partial charge in [0.2, 0.25) is 5.82 Å². The molecule has 7 heteroatoms. The predicted molar refractivity (Wildman–Crippen MR) is 132 cm³/mol. The van der Waals surface area contributed by atoms with Gasteiger partial charge in [0, 0.05) is 23.0 Å². The van der Waals surface area contributed by atoms with E-state index in [2.05, 4.69) is 27.5 Å². The molecular formula is C26H24Cl2N4O. The number of para-hydroxylation sites is 1. The number of halogens is 2. The molecule has 0 radical (unpaired) electrons. The molecule has 0 fully saturated rings. The van der Waals surface area contributed by atoms with Gasteiger partial charge in [0.25, 0.3) is 5.91 Å². The van der Waals surface area contributed by atoms with Crippen molar-refractivity contribution in [1.82, 2.24) is 20.1 Å². The maximum Gasteiger partial charge on any atom is 0.290 e. The highest BCUT2D eigenvalue weighted by Gasteiger charge is 2.18. The zero-order valence-corrected chi connectivity index (χ0v) is 19.8. The van der Waals surface area contributed by atoms with E-state index in [0.717, 1.165) is 29.1 Å². The van der Waals surface area contributed by atoms with Gasteiger partial charge in [-0.15, -0.1) is 5.10 Å². The van der Waals surface area contributed by atoms with Crippen molar-refractivity contribution in [3.8, 4) is 5.69 Å². The van der Waals surface area contributed by atoms with Crippen molar-refractivity contribution >= 4 is 29.1 Å². The van der Waals surface area contributed by atoms with Crippen LogP contribution in [0.2, 0.25) is 10.0 Å². The fourth-order valence-corrected chi connectivity index (χ4v) is 4.11. The number of benzene rings is 3. The van der Waals surface area contributed by atoms with Crippen molar-refractivity contribution in [3.05, 3.63) is 111 Å². The quantitative estimate of drug-likeness (QED) is 0.356. The predicted octanol–water partition coefficient (Wildman–Crippen LogP) is 5.64. The van der Waals surface area contributed by atoms with Crippen molar-refractivity contribution in [1.29, 1.82) is 0 Å². The molecule has 0 saturated heterocycles. The number of aromatic nitrogens is 3. The summed E-state index contributed by atoms with van der Waals surface area (Å²) < 4.78 is 1.78. The Morgan fingerprint density at radius 3 is 2.45 bits per heavy atom. The number of nitrogens with one attached hydrogen (secondary N) is 1. The molecule has 3 aromatic carbocycles. The summed E-state index contributed by atoms with van der Waals surface area (Å²) in [4.78, 5) is 17.4. The minimum Gasteiger partial charge on any atom is -0.349 e. The molecule has 0 aliphatic heterocycles. The van der Waals surface area contributed by atoms with Crippen LogP contribution in [-0.2, 0) is 19.3 Å². The lowest BCUT2D eigenvalue weighted by Crippen LogP contribution is -2.27. The molecule has 0 spiro atoms. The molecule has 1 heterocycles. The Kier molecular flexibility index (Phi) is 7.43. The fraction of sp³-hybridized carbons (Fsp3) is 0.192. The van der Waals surface area contributed by atoms with Crippen LogP contribution in [0.25, 0.3) is 5.69 Å². The third-order valence-electron chi connectivity index (χ3n) is 5.40. The molecular weight excluding hydrogens is 455 g/mol. The van der Waals surface area contributed by atoms with Gasteiger partial charge in [-0.05, 0) is 54.7 Å². The molecule has 0 saturated carbocycles. The standard InChI is InChI=1S/C26H24Cl2N4O/c1-18-7-5-6-10-23(18)32-24(14-11-19-8-3-2-4-9-19)30-25(31-32)26(33)29-16-15-20-12-13-21(27)17-22(20)28/h2-10,12-13,17H,11,14-16H2,1H3,(H,29,33). The van der Waals surface area contributed by atoms with Crippen molar-refractivity contribution in [2.45, 2.75) is 26.2 Å². The molecule has 168 valence electrons. The van der Waals surface area contributed by atoms with Gasteiger partial charge in [-0.2, -0.15) is 0 Å². The third-order valence-corrected chi connectivity index (χ3v) is 5.98. The Morgan fingerprint density at radius 2 is 1.70 bits per heavy atom. The molecule has 1 N–H and O–H groups in total. The molecule has 4 rings (SSSR count). The zero-order valence-electron chi connectivity index (χ0n) is 18.3. The fourth-order valence-electron chi connectivity index (χ4n) is 3.61. The number of aryl methyl sites for hydroxylation is 3. The lowest BCUT2D eigenvalue weighted by atomic mass is 10.1. The highest BCUT2D eigenvalue weighted by atomic mass is 35.5. The number of carbonyl (C=O) groups excluding carboxylic acids is 1. The second-order valence-electron chi connectivity index (χ2n) is 7.78. The van der Waals surface area contributed by atoms with Gasteiger partial charge < -0.3 is 5.32 Å². The Hall–Kier alpha value is -3.15.